The summed E-state index contributed by atoms with van der Waals surface area (Å²) >= 11 is 0. The van der Waals surface area contributed by atoms with E-state index >= 15 is 0 Å². The molecule has 108 valence electrons. The highest BCUT2D eigenvalue weighted by Gasteiger charge is 2.16. The Morgan fingerprint density at radius 2 is 1.57 bits per heavy atom. The molecule has 1 N–H and O–H groups in total. The van der Waals surface area contributed by atoms with E-state index in [1.165, 1.54) is 10.8 Å². The van der Waals surface area contributed by atoms with Crippen LogP contribution in [0.15, 0.2) is 66.9 Å². The van der Waals surface area contributed by atoms with E-state index in [1.807, 2.05) is 42.5 Å². The van der Waals surface area contributed by atoms with E-state index in [0.29, 0.717) is 6.54 Å². The maximum Gasteiger partial charge on any atom is 0.178 e. The lowest BCUT2D eigenvalue weighted by atomic mass is 10.1. The third-order valence-electron chi connectivity index (χ3n) is 3.66. The van der Waals surface area contributed by atoms with Crippen molar-refractivity contribution in [1.29, 1.82) is 0 Å². The monoisotopic (exact) mass is 391 g/mol. The molecule has 1 aromatic heterocycles. The number of hydrogen-bond acceptors (Lipinski definition) is 1. The molecule has 0 amide bonds. The molecule has 0 saturated heterocycles. The number of halogens is 1. The van der Waals surface area contributed by atoms with Crippen molar-refractivity contribution in [2.24, 2.45) is 0 Å². The molecule has 0 aliphatic carbocycles. The zero-order valence-corrected chi connectivity index (χ0v) is 14.1. The van der Waals surface area contributed by atoms with E-state index in [2.05, 4.69) is 35.9 Å². The fraction of sp³-hybridized carbons (Fsp3) is 0.167. The zero-order valence-electron chi connectivity index (χ0n) is 11.9. The van der Waals surface area contributed by atoms with E-state index in [-0.39, 0.29) is 24.0 Å². The maximum atomic E-state index is 10.3. The Bertz CT molecular complexity index is 728. The number of nitrogens with zero attached hydrogens (tertiary/aromatic N) is 1. The van der Waals surface area contributed by atoms with Gasteiger partial charge >= 0.3 is 0 Å². The number of pyridine rings is 1. The second-order valence-electron chi connectivity index (χ2n) is 5.12. The summed E-state index contributed by atoms with van der Waals surface area (Å²) in [4.78, 5) is 0. The Labute approximate surface area is 142 Å². The van der Waals surface area contributed by atoms with Crippen LogP contribution in [0.25, 0.3) is 10.8 Å². The lowest BCUT2D eigenvalue weighted by Gasteiger charge is -2.09. The summed E-state index contributed by atoms with van der Waals surface area (Å²) in [7, 11) is 0. The van der Waals surface area contributed by atoms with Gasteiger partial charge in [-0.05, 0) is 17.0 Å². The molecule has 1 unspecified atom stereocenters. The van der Waals surface area contributed by atoms with Crippen LogP contribution in [-0.2, 0) is 6.54 Å². The molecule has 0 aliphatic heterocycles. The van der Waals surface area contributed by atoms with E-state index < -0.39 is 6.10 Å². The van der Waals surface area contributed by atoms with Gasteiger partial charge in [0.05, 0.1) is 0 Å². The van der Waals surface area contributed by atoms with Crippen LogP contribution in [0, 0.1) is 6.92 Å². The minimum atomic E-state index is -0.485. The summed E-state index contributed by atoms with van der Waals surface area (Å²) < 4.78 is 2.11. The standard InChI is InChI=1S/C18H18NO.HI/c1-14-11-16-9-5-6-10-17(16)12-19(14)13-18(20)15-7-3-2-4-8-15;/h2-12,18,20H,13H2,1H3;1H/q+1;/p-1. The summed E-state index contributed by atoms with van der Waals surface area (Å²) in [6.45, 7) is 2.64. The highest BCUT2D eigenvalue weighted by Crippen LogP contribution is 2.15. The number of aromatic nitrogens is 1. The van der Waals surface area contributed by atoms with Gasteiger partial charge in [0.2, 0.25) is 0 Å². The Balaban J connectivity index is 0.00000161. The van der Waals surface area contributed by atoms with E-state index in [0.717, 1.165) is 11.3 Å². The van der Waals surface area contributed by atoms with Gasteiger partial charge in [-0.3, -0.25) is 0 Å². The first-order chi connectivity index (χ1) is 9.74. The van der Waals surface area contributed by atoms with Gasteiger partial charge in [0.25, 0.3) is 0 Å². The number of rotatable bonds is 3. The summed E-state index contributed by atoms with van der Waals surface area (Å²) in [5.74, 6) is 0. The molecule has 2 nitrogen and oxygen atoms in total. The topological polar surface area (TPSA) is 24.1 Å². The Morgan fingerprint density at radius 3 is 2.29 bits per heavy atom. The van der Waals surface area contributed by atoms with E-state index in [4.69, 9.17) is 0 Å². The molecular weight excluding hydrogens is 373 g/mol. The SMILES string of the molecule is Cc1cc2ccccc2c[n+]1CC(O)c1ccccc1.[I-]. The Hall–Kier alpha value is -1.46. The molecule has 1 atom stereocenters. The van der Waals surface area contributed by atoms with Gasteiger partial charge in [0.15, 0.2) is 18.4 Å². The zero-order chi connectivity index (χ0) is 13.9. The van der Waals surface area contributed by atoms with Gasteiger partial charge in [0, 0.05) is 18.4 Å². The van der Waals surface area contributed by atoms with Gasteiger partial charge in [-0.25, -0.2) is 0 Å². The van der Waals surface area contributed by atoms with Crippen molar-refractivity contribution in [2.45, 2.75) is 19.6 Å². The van der Waals surface area contributed by atoms with Crippen molar-refractivity contribution >= 4 is 10.8 Å². The summed E-state index contributed by atoms with van der Waals surface area (Å²) in [5, 5.41) is 12.8. The van der Waals surface area contributed by atoms with Crippen LogP contribution in [0.5, 0.6) is 0 Å². The van der Waals surface area contributed by atoms with E-state index in [1.54, 1.807) is 0 Å². The van der Waals surface area contributed by atoms with Crippen molar-refractivity contribution < 1.29 is 33.7 Å². The third-order valence-corrected chi connectivity index (χ3v) is 3.66. The van der Waals surface area contributed by atoms with Gasteiger partial charge in [-0.15, -0.1) is 0 Å². The first kappa shape index (κ1) is 15.9. The summed E-state index contributed by atoms with van der Waals surface area (Å²) in [6.07, 6.45) is 1.62. The molecule has 3 aromatic rings. The summed E-state index contributed by atoms with van der Waals surface area (Å²) in [5.41, 5.74) is 2.10. The predicted molar refractivity (Wildman–Crippen MR) is 80.3 cm³/mol. The van der Waals surface area contributed by atoms with Crippen molar-refractivity contribution in [3.63, 3.8) is 0 Å². The highest BCUT2D eigenvalue weighted by atomic mass is 127. The molecule has 0 bridgehead atoms. The Morgan fingerprint density at radius 1 is 0.952 bits per heavy atom. The van der Waals surface area contributed by atoms with Crippen molar-refractivity contribution in [3.05, 3.63) is 78.1 Å². The lowest BCUT2D eigenvalue weighted by molar-refractivity contribution is -0.709. The van der Waals surface area contributed by atoms with Crippen LogP contribution >= 0.6 is 0 Å². The molecule has 3 rings (SSSR count). The highest BCUT2D eigenvalue weighted by molar-refractivity contribution is 5.80. The molecule has 1 heterocycles. The first-order valence-corrected chi connectivity index (χ1v) is 6.86. The minimum absolute atomic E-state index is 0. The summed E-state index contributed by atoms with van der Waals surface area (Å²) in [6, 6.07) is 20.2. The second-order valence-corrected chi connectivity index (χ2v) is 5.12. The number of aliphatic hydroxyl groups is 1. The molecule has 0 spiro atoms. The van der Waals surface area contributed by atoms with Crippen molar-refractivity contribution in [3.8, 4) is 0 Å². The number of fused-ring (bicyclic) bond motifs is 1. The predicted octanol–water partition coefficient (Wildman–Crippen LogP) is 0.173. The molecule has 0 saturated carbocycles. The molecule has 0 aliphatic rings. The second kappa shape index (κ2) is 7.00. The number of hydrogen-bond donors (Lipinski definition) is 1. The minimum Gasteiger partial charge on any atom is -1.00 e. The van der Waals surface area contributed by atoms with Crippen molar-refractivity contribution in [1.82, 2.24) is 0 Å². The fourth-order valence-corrected chi connectivity index (χ4v) is 2.50. The molecule has 21 heavy (non-hydrogen) atoms. The smallest absolute Gasteiger partial charge is 0.178 e. The number of benzene rings is 2. The van der Waals surface area contributed by atoms with Crippen LogP contribution in [0.4, 0.5) is 0 Å². The largest absolute Gasteiger partial charge is 1.00 e. The van der Waals surface area contributed by atoms with Crippen molar-refractivity contribution in [2.75, 3.05) is 0 Å². The quantitative estimate of drug-likeness (QED) is 0.500. The van der Waals surface area contributed by atoms with Crippen LogP contribution in [-0.4, -0.2) is 5.11 Å². The van der Waals surface area contributed by atoms with Crippen LogP contribution in [0.2, 0.25) is 0 Å². The van der Waals surface area contributed by atoms with Gasteiger partial charge in [-0.2, -0.15) is 4.57 Å². The molecule has 2 aromatic carbocycles. The number of aryl methyl sites for hydroxylation is 1. The van der Waals surface area contributed by atoms with Gasteiger partial charge < -0.3 is 29.1 Å². The fourth-order valence-electron chi connectivity index (χ4n) is 2.50. The van der Waals surface area contributed by atoms with E-state index in [9.17, 15) is 5.11 Å². The van der Waals surface area contributed by atoms with Crippen LogP contribution in [0.1, 0.15) is 17.4 Å². The third kappa shape index (κ3) is 3.60. The Kier molecular flexibility index (Phi) is 5.31. The normalized spacial score (nSPS) is 11.9. The average Bonchev–Trinajstić information content (AvgIpc) is 2.49. The average molecular weight is 391 g/mol. The molecular formula is C18H18INO. The molecule has 0 radical (unpaired) electrons. The van der Waals surface area contributed by atoms with Gasteiger partial charge in [0.1, 0.15) is 6.10 Å². The van der Waals surface area contributed by atoms with Crippen LogP contribution < -0.4 is 28.5 Å². The molecule has 0 fully saturated rings. The molecule has 3 heteroatoms. The van der Waals surface area contributed by atoms with Crippen LogP contribution in [0.3, 0.4) is 0 Å². The first-order valence-electron chi connectivity index (χ1n) is 6.86. The maximum absolute atomic E-state index is 10.3. The van der Waals surface area contributed by atoms with Gasteiger partial charge in [-0.1, -0.05) is 48.5 Å². The number of aliphatic hydroxyl groups excluding tert-OH is 1. The lowest BCUT2D eigenvalue weighted by Crippen LogP contribution is -3.00.